The van der Waals surface area contributed by atoms with E-state index in [1.807, 2.05) is 24.3 Å². The number of carbonyl (C=O) groups excluding carboxylic acids is 1. The molecular weight excluding hydrogens is 286 g/mol. The van der Waals surface area contributed by atoms with Gasteiger partial charge in [-0.3, -0.25) is 4.98 Å². The Morgan fingerprint density at radius 3 is 2.26 bits per heavy atom. The van der Waals surface area contributed by atoms with Crippen molar-refractivity contribution in [3.05, 3.63) is 59.9 Å². The predicted molar refractivity (Wildman–Crippen MR) is 94.7 cm³/mol. The Balaban J connectivity index is 1.88. The summed E-state index contributed by atoms with van der Waals surface area (Å²) in [6.07, 6.45) is 4.35. The van der Waals surface area contributed by atoms with Gasteiger partial charge in [0, 0.05) is 31.7 Å². The van der Waals surface area contributed by atoms with E-state index >= 15 is 0 Å². The molecular formula is C19H25N3O. The van der Waals surface area contributed by atoms with Gasteiger partial charge in [0.15, 0.2) is 0 Å². The van der Waals surface area contributed by atoms with Gasteiger partial charge in [-0.2, -0.15) is 0 Å². The quantitative estimate of drug-likeness (QED) is 0.924. The lowest BCUT2D eigenvalue weighted by atomic mass is 9.87. The van der Waals surface area contributed by atoms with Gasteiger partial charge in [-0.05, 0) is 47.2 Å². The molecule has 4 heteroatoms. The summed E-state index contributed by atoms with van der Waals surface area (Å²) >= 11 is 0. The van der Waals surface area contributed by atoms with Crippen LogP contribution in [0.4, 0.5) is 10.5 Å². The van der Waals surface area contributed by atoms with E-state index in [0.717, 1.165) is 12.1 Å². The van der Waals surface area contributed by atoms with Crippen LogP contribution in [0.2, 0.25) is 0 Å². The van der Waals surface area contributed by atoms with Crippen molar-refractivity contribution in [2.24, 2.45) is 0 Å². The van der Waals surface area contributed by atoms with Gasteiger partial charge in [0.1, 0.15) is 0 Å². The van der Waals surface area contributed by atoms with Crippen LogP contribution < -0.4 is 5.32 Å². The van der Waals surface area contributed by atoms with Gasteiger partial charge < -0.3 is 10.2 Å². The fraction of sp³-hybridized carbons (Fsp3) is 0.368. The monoisotopic (exact) mass is 311 g/mol. The van der Waals surface area contributed by atoms with Crippen molar-refractivity contribution in [1.82, 2.24) is 9.88 Å². The lowest BCUT2D eigenvalue weighted by Crippen LogP contribution is -2.33. The molecule has 0 aliphatic rings. The van der Waals surface area contributed by atoms with Crippen molar-refractivity contribution >= 4 is 11.7 Å². The first kappa shape index (κ1) is 17.0. The molecule has 0 fully saturated rings. The number of likely N-dealkylation sites (N-methyl/N-ethyl adjacent to an activating group) is 1. The fourth-order valence-corrected chi connectivity index (χ4v) is 2.22. The Labute approximate surface area is 138 Å². The van der Waals surface area contributed by atoms with Gasteiger partial charge in [0.25, 0.3) is 0 Å². The molecule has 2 rings (SSSR count). The molecule has 122 valence electrons. The number of amides is 2. The molecule has 1 N–H and O–H groups in total. The van der Waals surface area contributed by atoms with Crippen LogP contribution in [0.5, 0.6) is 0 Å². The van der Waals surface area contributed by atoms with Crippen molar-refractivity contribution in [3.63, 3.8) is 0 Å². The maximum Gasteiger partial charge on any atom is 0.321 e. The highest BCUT2D eigenvalue weighted by molar-refractivity contribution is 5.89. The topological polar surface area (TPSA) is 45.2 Å². The van der Waals surface area contributed by atoms with Crippen molar-refractivity contribution in [2.75, 3.05) is 18.9 Å². The molecule has 4 nitrogen and oxygen atoms in total. The number of urea groups is 1. The number of nitrogens with one attached hydrogen (secondary N) is 1. The van der Waals surface area contributed by atoms with Gasteiger partial charge in [0.2, 0.25) is 0 Å². The largest absolute Gasteiger partial charge is 0.327 e. The highest BCUT2D eigenvalue weighted by Gasteiger charge is 2.14. The number of benzene rings is 1. The number of nitrogens with zero attached hydrogens (tertiary/aromatic N) is 2. The molecule has 0 bridgehead atoms. The number of pyridine rings is 1. The van der Waals surface area contributed by atoms with E-state index in [1.54, 1.807) is 24.3 Å². The van der Waals surface area contributed by atoms with Crippen LogP contribution in [0.1, 0.15) is 31.9 Å². The lowest BCUT2D eigenvalue weighted by Gasteiger charge is -2.20. The first-order chi connectivity index (χ1) is 10.9. The van der Waals surface area contributed by atoms with Crippen LogP contribution in [-0.2, 0) is 11.8 Å². The van der Waals surface area contributed by atoms with Crippen molar-refractivity contribution in [1.29, 1.82) is 0 Å². The maximum absolute atomic E-state index is 12.2. The number of aromatic nitrogens is 1. The molecule has 0 unspecified atom stereocenters. The third kappa shape index (κ3) is 5.09. The van der Waals surface area contributed by atoms with Crippen LogP contribution >= 0.6 is 0 Å². The second-order valence-electron chi connectivity index (χ2n) is 6.78. The normalized spacial score (nSPS) is 11.1. The van der Waals surface area contributed by atoms with Crippen LogP contribution in [0, 0.1) is 0 Å². The Hall–Kier alpha value is -2.36. The molecule has 0 spiro atoms. The molecule has 0 saturated carbocycles. The summed E-state index contributed by atoms with van der Waals surface area (Å²) in [6.45, 7) is 7.18. The SMILES string of the molecule is CN(CCc1ccncc1)C(=O)Nc1ccc(C(C)(C)C)cc1. The molecule has 1 aromatic carbocycles. The highest BCUT2D eigenvalue weighted by Crippen LogP contribution is 2.23. The Morgan fingerprint density at radius 2 is 1.70 bits per heavy atom. The molecule has 1 heterocycles. The first-order valence-electron chi connectivity index (χ1n) is 7.88. The third-order valence-corrected chi connectivity index (χ3v) is 3.83. The predicted octanol–water partition coefficient (Wildman–Crippen LogP) is 4.09. The fourth-order valence-electron chi connectivity index (χ4n) is 2.22. The average molecular weight is 311 g/mol. The summed E-state index contributed by atoms with van der Waals surface area (Å²) in [6, 6.07) is 11.9. The van der Waals surface area contributed by atoms with Crippen LogP contribution in [0.3, 0.4) is 0 Å². The Bertz CT molecular complexity index is 630. The molecule has 2 aromatic rings. The molecule has 0 aliphatic heterocycles. The standard InChI is InChI=1S/C19H25N3O/c1-19(2,3)16-5-7-17(8-6-16)21-18(23)22(4)14-11-15-9-12-20-13-10-15/h5-10,12-13H,11,14H2,1-4H3,(H,21,23). The maximum atomic E-state index is 12.2. The van der Waals surface area contributed by atoms with Crippen molar-refractivity contribution < 1.29 is 4.79 Å². The Kier molecular flexibility index (Phi) is 5.37. The molecule has 0 atom stereocenters. The summed E-state index contributed by atoms with van der Waals surface area (Å²) < 4.78 is 0. The Morgan fingerprint density at radius 1 is 1.09 bits per heavy atom. The van der Waals surface area contributed by atoms with E-state index in [0.29, 0.717) is 6.54 Å². The smallest absolute Gasteiger partial charge is 0.321 e. The van der Waals surface area contributed by atoms with Crippen LogP contribution in [0.25, 0.3) is 0 Å². The number of hydrogen-bond donors (Lipinski definition) is 1. The first-order valence-corrected chi connectivity index (χ1v) is 7.88. The minimum atomic E-state index is -0.0948. The van der Waals surface area contributed by atoms with Gasteiger partial charge in [-0.25, -0.2) is 4.79 Å². The van der Waals surface area contributed by atoms with Crippen molar-refractivity contribution in [3.8, 4) is 0 Å². The number of anilines is 1. The van der Waals surface area contributed by atoms with Crippen molar-refractivity contribution in [2.45, 2.75) is 32.6 Å². The van der Waals surface area contributed by atoms with E-state index in [4.69, 9.17) is 0 Å². The van der Waals surface area contributed by atoms with Gasteiger partial charge in [0.05, 0.1) is 0 Å². The zero-order valence-corrected chi connectivity index (χ0v) is 14.3. The second-order valence-corrected chi connectivity index (χ2v) is 6.78. The average Bonchev–Trinajstić information content (AvgIpc) is 2.53. The van der Waals surface area contributed by atoms with Crippen LogP contribution in [-0.4, -0.2) is 29.5 Å². The van der Waals surface area contributed by atoms with Gasteiger partial charge in [-0.1, -0.05) is 32.9 Å². The number of rotatable bonds is 4. The highest BCUT2D eigenvalue weighted by atomic mass is 16.2. The second kappa shape index (κ2) is 7.27. The lowest BCUT2D eigenvalue weighted by molar-refractivity contribution is 0.223. The van der Waals surface area contributed by atoms with Gasteiger partial charge >= 0.3 is 6.03 Å². The molecule has 1 aromatic heterocycles. The molecule has 0 aliphatic carbocycles. The van der Waals surface area contributed by atoms with Crippen LogP contribution in [0.15, 0.2) is 48.8 Å². The third-order valence-electron chi connectivity index (χ3n) is 3.83. The van der Waals surface area contributed by atoms with E-state index < -0.39 is 0 Å². The van der Waals surface area contributed by atoms with Gasteiger partial charge in [-0.15, -0.1) is 0 Å². The summed E-state index contributed by atoms with van der Waals surface area (Å²) in [5.74, 6) is 0. The van der Waals surface area contributed by atoms with E-state index in [9.17, 15) is 4.79 Å². The molecule has 23 heavy (non-hydrogen) atoms. The van der Waals surface area contributed by atoms with E-state index in [-0.39, 0.29) is 11.4 Å². The van der Waals surface area contributed by atoms with E-state index in [1.165, 1.54) is 11.1 Å². The zero-order chi connectivity index (χ0) is 16.9. The zero-order valence-electron chi connectivity index (χ0n) is 14.3. The summed E-state index contributed by atoms with van der Waals surface area (Å²) in [5, 5.41) is 2.93. The molecule has 0 saturated heterocycles. The molecule has 2 amide bonds. The summed E-state index contributed by atoms with van der Waals surface area (Å²) in [5.41, 5.74) is 3.36. The summed E-state index contributed by atoms with van der Waals surface area (Å²) in [4.78, 5) is 17.9. The number of carbonyl (C=O) groups is 1. The summed E-state index contributed by atoms with van der Waals surface area (Å²) in [7, 11) is 1.81. The minimum absolute atomic E-state index is 0.0948. The number of hydrogen-bond acceptors (Lipinski definition) is 2. The van der Waals surface area contributed by atoms with E-state index in [2.05, 4.69) is 43.2 Å². The molecule has 0 radical (unpaired) electrons. The minimum Gasteiger partial charge on any atom is -0.327 e.